The number of nitrogens with zero attached hydrogens (tertiary/aromatic N) is 1. The smallest absolute Gasteiger partial charge is 0.170 e. The monoisotopic (exact) mass is 359 g/mol. The second kappa shape index (κ2) is 7.86. The molecule has 0 bridgehead atoms. The number of fused-ring (bicyclic) bond motifs is 1. The van der Waals surface area contributed by atoms with Crippen molar-refractivity contribution in [2.24, 2.45) is 0 Å². The van der Waals surface area contributed by atoms with Crippen molar-refractivity contribution in [3.8, 4) is 0 Å². The van der Waals surface area contributed by atoms with Crippen LogP contribution in [0.15, 0.2) is 48.5 Å². The minimum Gasteiger partial charge on any atom is -0.368 e. The topological polar surface area (TPSA) is 27.3 Å². The van der Waals surface area contributed by atoms with Gasteiger partial charge in [0, 0.05) is 35.5 Å². The molecule has 0 fully saturated rings. The molecule has 2 aromatic carbocycles. The van der Waals surface area contributed by atoms with E-state index in [0.717, 1.165) is 36.6 Å². The van der Waals surface area contributed by atoms with Crippen molar-refractivity contribution < 1.29 is 0 Å². The molecule has 0 saturated carbocycles. The molecule has 0 spiro atoms. The fraction of sp³-hybridized carbons (Fsp3) is 0.316. The van der Waals surface area contributed by atoms with E-state index in [0.29, 0.717) is 11.2 Å². The standard InChI is InChI=1S/C19H22ClN3S/c1-14-13-15-5-2-3-6-18(15)23(14)12-4-11-21-19(24)22-17-9-7-16(20)8-10-17/h2-3,5-10,14H,4,11-13H2,1H3,(H2,21,22,24)/t14-/m0/s1. The number of anilines is 2. The number of benzene rings is 2. The Kier molecular flexibility index (Phi) is 5.59. The Bertz CT molecular complexity index is 702. The van der Waals surface area contributed by atoms with E-state index in [-0.39, 0.29) is 0 Å². The second-order valence-electron chi connectivity index (χ2n) is 6.12. The third kappa shape index (κ3) is 4.19. The van der Waals surface area contributed by atoms with Crippen LogP contribution in [-0.4, -0.2) is 24.2 Å². The van der Waals surface area contributed by atoms with Crippen molar-refractivity contribution >= 4 is 40.3 Å². The van der Waals surface area contributed by atoms with E-state index in [9.17, 15) is 0 Å². The van der Waals surface area contributed by atoms with Gasteiger partial charge in [-0.3, -0.25) is 0 Å². The maximum absolute atomic E-state index is 5.88. The van der Waals surface area contributed by atoms with Crippen LogP contribution in [-0.2, 0) is 6.42 Å². The maximum Gasteiger partial charge on any atom is 0.170 e. The summed E-state index contributed by atoms with van der Waals surface area (Å²) in [6.45, 7) is 4.18. The van der Waals surface area contributed by atoms with Crippen LogP contribution in [0.4, 0.5) is 11.4 Å². The van der Waals surface area contributed by atoms with E-state index in [1.54, 1.807) is 0 Å². The fourth-order valence-electron chi connectivity index (χ4n) is 3.13. The molecular weight excluding hydrogens is 338 g/mol. The average molecular weight is 360 g/mol. The highest BCUT2D eigenvalue weighted by Gasteiger charge is 2.24. The minimum absolute atomic E-state index is 0.571. The van der Waals surface area contributed by atoms with Crippen LogP contribution in [0.1, 0.15) is 18.9 Å². The summed E-state index contributed by atoms with van der Waals surface area (Å²) in [7, 11) is 0. The molecule has 2 N–H and O–H groups in total. The summed E-state index contributed by atoms with van der Waals surface area (Å²) in [5.74, 6) is 0. The van der Waals surface area contributed by atoms with Crippen LogP contribution >= 0.6 is 23.8 Å². The van der Waals surface area contributed by atoms with Gasteiger partial charge in [0.05, 0.1) is 0 Å². The number of halogens is 1. The first-order chi connectivity index (χ1) is 11.6. The molecular formula is C19H22ClN3S. The number of rotatable bonds is 5. The molecule has 5 heteroatoms. The highest BCUT2D eigenvalue weighted by Crippen LogP contribution is 2.31. The third-order valence-electron chi connectivity index (χ3n) is 4.31. The first-order valence-electron chi connectivity index (χ1n) is 8.28. The number of hydrogen-bond donors (Lipinski definition) is 2. The van der Waals surface area contributed by atoms with Crippen LogP contribution in [0.3, 0.4) is 0 Å². The maximum atomic E-state index is 5.88. The van der Waals surface area contributed by atoms with Crippen LogP contribution in [0, 0.1) is 0 Å². The van der Waals surface area contributed by atoms with Gasteiger partial charge >= 0.3 is 0 Å². The molecule has 2 aromatic rings. The molecule has 1 heterocycles. The summed E-state index contributed by atoms with van der Waals surface area (Å²) >= 11 is 11.2. The fourth-order valence-corrected chi connectivity index (χ4v) is 3.48. The first kappa shape index (κ1) is 17.1. The van der Waals surface area contributed by atoms with Gasteiger partial charge in [0.25, 0.3) is 0 Å². The van der Waals surface area contributed by atoms with Crippen LogP contribution in [0.5, 0.6) is 0 Å². The van der Waals surface area contributed by atoms with E-state index in [1.165, 1.54) is 11.3 Å². The molecule has 1 atom stereocenters. The SMILES string of the molecule is C[C@H]1Cc2ccccc2N1CCCNC(=S)Nc1ccc(Cl)cc1. The molecule has 0 unspecified atom stereocenters. The largest absolute Gasteiger partial charge is 0.368 e. The number of thiocarbonyl (C=S) groups is 1. The quantitative estimate of drug-likeness (QED) is 0.608. The molecule has 0 saturated heterocycles. The van der Waals surface area contributed by atoms with Crippen LogP contribution in [0.2, 0.25) is 5.02 Å². The Hall–Kier alpha value is -1.78. The van der Waals surface area contributed by atoms with Gasteiger partial charge in [0.15, 0.2) is 5.11 Å². The van der Waals surface area contributed by atoms with Crippen LogP contribution < -0.4 is 15.5 Å². The van der Waals surface area contributed by atoms with Gasteiger partial charge in [-0.1, -0.05) is 29.8 Å². The Morgan fingerprint density at radius 2 is 1.96 bits per heavy atom. The lowest BCUT2D eigenvalue weighted by Crippen LogP contribution is -2.34. The zero-order valence-corrected chi connectivity index (χ0v) is 15.3. The van der Waals surface area contributed by atoms with E-state index >= 15 is 0 Å². The minimum atomic E-state index is 0.571. The summed E-state index contributed by atoms with van der Waals surface area (Å²) < 4.78 is 0. The summed E-state index contributed by atoms with van der Waals surface area (Å²) in [4.78, 5) is 2.49. The van der Waals surface area contributed by atoms with Crippen molar-refractivity contribution in [1.29, 1.82) is 0 Å². The molecule has 0 aliphatic carbocycles. The van der Waals surface area contributed by atoms with Crippen LogP contribution in [0.25, 0.3) is 0 Å². The van der Waals surface area contributed by atoms with Gasteiger partial charge in [-0.2, -0.15) is 0 Å². The molecule has 1 aliphatic rings. The highest BCUT2D eigenvalue weighted by molar-refractivity contribution is 7.80. The first-order valence-corrected chi connectivity index (χ1v) is 9.07. The van der Waals surface area contributed by atoms with Gasteiger partial charge in [-0.15, -0.1) is 0 Å². The summed E-state index contributed by atoms with van der Waals surface area (Å²) in [6.07, 6.45) is 2.18. The third-order valence-corrected chi connectivity index (χ3v) is 4.81. The van der Waals surface area contributed by atoms with E-state index in [1.807, 2.05) is 24.3 Å². The Morgan fingerprint density at radius 3 is 2.75 bits per heavy atom. The predicted octanol–water partition coefficient (Wildman–Crippen LogP) is 4.47. The number of nitrogens with one attached hydrogen (secondary N) is 2. The lowest BCUT2D eigenvalue weighted by atomic mass is 10.1. The van der Waals surface area contributed by atoms with Gasteiger partial charge in [-0.25, -0.2) is 0 Å². The molecule has 1 aliphatic heterocycles. The summed E-state index contributed by atoms with van der Waals surface area (Å²) in [6, 6.07) is 16.8. The molecule has 0 aromatic heterocycles. The van der Waals surface area contributed by atoms with Gasteiger partial charge in [0.2, 0.25) is 0 Å². The van der Waals surface area contributed by atoms with Crippen molar-refractivity contribution in [1.82, 2.24) is 5.32 Å². The lowest BCUT2D eigenvalue weighted by Gasteiger charge is -2.25. The normalized spacial score (nSPS) is 15.9. The lowest BCUT2D eigenvalue weighted by molar-refractivity contribution is 0.641. The molecule has 0 radical (unpaired) electrons. The zero-order chi connectivity index (χ0) is 16.9. The Balaban J connectivity index is 1.42. The Morgan fingerprint density at radius 1 is 1.21 bits per heavy atom. The molecule has 0 amide bonds. The van der Waals surface area contributed by atoms with Crippen molar-refractivity contribution in [2.75, 3.05) is 23.3 Å². The molecule has 24 heavy (non-hydrogen) atoms. The summed E-state index contributed by atoms with van der Waals surface area (Å²) in [5, 5.41) is 7.81. The average Bonchev–Trinajstić information content (AvgIpc) is 2.89. The molecule has 126 valence electrons. The summed E-state index contributed by atoms with van der Waals surface area (Å²) in [5.41, 5.74) is 3.78. The second-order valence-corrected chi connectivity index (χ2v) is 6.96. The van der Waals surface area contributed by atoms with E-state index in [4.69, 9.17) is 23.8 Å². The van der Waals surface area contributed by atoms with Gasteiger partial charge < -0.3 is 15.5 Å². The van der Waals surface area contributed by atoms with Gasteiger partial charge in [-0.05, 0) is 67.9 Å². The van der Waals surface area contributed by atoms with Crippen molar-refractivity contribution in [2.45, 2.75) is 25.8 Å². The molecule has 3 rings (SSSR count). The van der Waals surface area contributed by atoms with Crippen molar-refractivity contribution in [3.05, 3.63) is 59.1 Å². The van der Waals surface area contributed by atoms with Crippen molar-refractivity contribution in [3.63, 3.8) is 0 Å². The van der Waals surface area contributed by atoms with Gasteiger partial charge in [0.1, 0.15) is 0 Å². The zero-order valence-electron chi connectivity index (χ0n) is 13.8. The predicted molar refractivity (Wildman–Crippen MR) is 107 cm³/mol. The Labute approximate surface area is 154 Å². The highest BCUT2D eigenvalue weighted by atomic mass is 35.5. The van der Waals surface area contributed by atoms with E-state index < -0.39 is 0 Å². The van der Waals surface area contributed by atoms with E-state index in [2.05, 4.69) is 46.7 Å². The molecule has 3 nitrogen and oxygen atoms in total. The number of para-hydroxylation sites is 1. The number of hydrogen-bond acceptors (Lipinski definition) is 2.